The van der Waals surface area contributed by atoms with Crippen molar-refractivity contribution in [2.24, 2.45) is 40.9 Å². The first-order valence-corrected chi connectivity index (χ1v) is 13.1. The molecule has 0 unspecified atom stereocenters. The Hall–Kier alpha value is -0.710. The van der Waals surface area contributed by atoms with Crippen molar-refractivity contribution in [2.75, 3.05) is 6.54 Å². The van der Waals surface area contributed by atoms with E-state index in [1.807, 2.05) is 0 Å². The molecule has 2 aliphatic heterocycles. The molecule has 4 nitrogen and oxygen atoms in total. The smallest absolute Gasteiger partial charge is 0.136 e. The topological polar surface area (TPSA) is 58.6 Å². The Morgan fingerprint density at radius 2 is 1.94 bits per heavy atom. The summed E-state index contributed by atoms with van der Waals surface area (Å²) in [7, 11) is 0. The lowest BCUT2D eigenvalue weighted by Gasteiger charge is -2.52. The highest BCUT2D eigenvalue weighted by molar-refractivity contribution is 5.83. The Balaban J connectivity index is 1.35. The van der Waals surface area contributed by atoms with Gasteiger partial charge in [0.25, 0.3) is 0 Å². The number of allylic oxidation sites excluding steroid dienone is 1. The molecule has 3 saturated carbocycles. The van der Waals surface area contributed by atoms with E-state index >= 15 is 0 Å². The highest BCUT2D eigenvalue weighted by Crippen LogP contribution is 2.65. The van der Waals surface area contributed by atoms with Crippen LogP contribution in [0.25, 0.3) is 0 Å². The highest BCUT2D eigenvalue weighted by atomic mass is 16.5. The van der Waals surface area contributed by atoms with E-state index in [2.05, 4.69) is 33.0 Å². The van der Waals surface area contributed by atoms with Crippen molar-refractivity contribution in [2.45, 2.75) is 103 Å². The van der Waals surface area contributed by atoms with Crippen LogP contribution in [-0.2, 0) is 9.53 Å². The van der Waals surface area contributed by atoms with Crippen molar-refractivity contribution in [3.8, 4) is 0 Å². The van der Waals surface area contributed by atoms with E-state index in [1.165, 1.54) is 18.4 Å². The quantitative estimate of drug-likeness (QED) is 0.567. The fourth-order valence-corrected chi connectivity index (χ4v) is 9.46. The summed E-state index contributed by atoms with van der Waals surface area (Å²) in [5.41, 5.74) is 3.15. The molecule has 11 atom stereocenters. The zero-order chi connectivity index (χ0) is 21.7. The number of piperidine rings is 1. The number of ether oxygens (including phenoxy) is 1. The molecular formula is C27H41NO3. The van der Waals surface area contributed by atoms with Crippen LogP contribution in [0.15, 0.2) is 11.1 Å². The van der Waals surface area contributed by atoms with Gasteiger partial charge in [-0.2, -0.15) is 0 Å². The van der Waals surface area contributed by atoms with Gasteiger partial charge in [-0.3, -0.25) is 4.79 Å². The summed E-state index contributed by atoms with van der Waals surface area (Å²) in [5.74, 6) is 3.41. The van der Waals surface area contributed by atoms with E-state index in [9.17, 15) is 9.90 Å². The molecule has 6 rings (SSSR count). The number of rotatable bonds is 0. The zero-order valence-electron chi connectivity index (χ0n) is 19.8. The fraction of sp³-hybridized carbons (Fsp3) is 0.889. The van der Waals surface area contributed by atoms with E-state index in [0.29, 0.717) is 53.9 Å². The lowest BCUT2D eigenvalue weighted by molar-refractivity contribution is -0.145. The maximum Gasteiger partial charge on any atom is 0.136 e. The first-order chi connectivity index (χ1) is 14.7. The number of aliphatic hydroxyl groups excluding tert-OH is 1. The standard InChI is InChI=1S/C27H41NO3/c1-14-9-24-25(28-13-14)16(3)27(31-24)8-6-18-19(15(27)2)11-21-20(18)12-23(30)22-10-17(29)5-7-26(21,22)4/h14,16-18,20-22,24-25,28-29H,5-13H2,1-4H3/t14-,16+,17-,18+,20-,21-,22+,24-,25-,26+,27-/m0/s1. The lowest BCUT2D eigenvalue weighted by Crippen LogP contribution is -2.51. The van der Waals surface area contributed by atoms with Gasteiger partial charge in [-0.15, -0.1) is 0 Å². The average Bonchev–Trinajstić information content (AvgIpc) is 3.23. The zero-order valence-corrected chi connectivity index (χ0v) is 19.8. The molecule has 31 heavy (non-hydrogen) atoms. The summed E-state index contributed by atoms with van der Waals surface area (Å²) in [4.78, 5) is 13.2. The van der Waals surface area contributed by atoms with Gasteiger partial charge in [-0.05, 0) is 93.1 Å². The number of aliphatic hydroxyl groups is 1. The van der Waals surface area contributed by atoms with Crippen molar-refractivity contribution in [1.82, 2.24) is 5.32 Å². The van der Waals surface area contributed by atoms with Crippen LogP contribution in [0.5, 0.6) is 0 Å². The number of ketones is 1. The number of nitrogens with one attached hydrogen (secondary N) is 1. The minimum absolute atomic E-state index is 0.0720. The Bertz CT molecular complexity index is 821. The molecule has 0 amide bonds. The van der Waals surface area contributed by atoms with Gasteiger partial charge in [0.05, 0.1) is 17.8 Å². The van der Waals surface area contributed by atoms with Crippen LogP contribution < -0.4 is 5.32 Å². The average molecular weight is 428 g/mol. The van der Waals surface area contributed by atoms with Crippen LogP contribution in [0.1, 0.15) is 79.1 Å². The van der Waals surface area contributed by atoms with Crippen molar-refractivity contribution in [3.63, 3.8) is 0 Å². The third-order valence-corrected chi connectivity index (χ3v) is 11.2. The predicted octanol–water partition coefficient (Wildman–Crippen LogP) is 4.26. The van der Waals surface area contributed by atoms with Crippen molar-refractivity contribution in [1.29, 1.82) is 0 Å². The van der Waals surface area contributed by atoms with Gasteiger partial charge >= 0.3 is 0 Å². The monoisotopic (exact) mass is 427 g/mol. The van der Waals surface area contributed by atoms with E-state index < -0.39 is 0 Å². The second-order valence-electron chi connectivity index (χ2n) is 12.5. The number of hydrogen-bond acceptors (Lipinski definition) is 4. The van der Waals surface area contributed by atoms with Gasteiger partial charge in [0.15, 0.2) is 0 Å². The maximum atomic E-state index is 13.2. The SMILES string of the molecule is CC1=C2C[C@H]3[C@@H](CC(=O)[C@H]4C[C@@H](O)CC[C@@]43C)[C@@H]2CC[C@]12O[C@H]1C[C@H](C)CN[C@H]1[C@H]2C. The number of hydrogen-bond donors (Lipinski definition) is 2. The minimum atomic E-state index is -0.280. The van der Waals surface area contributed by atoms with Crippen molar-refractivity contribution in [3.05, 3.63) is 11.1 Å². The van der Waals surface area contributed by atoms with Gasteiger partial charge in [0.1, 0.15) is 5.78 Å². The molecule has 0 aromatic heterocycles. The van der Waals surface area contributed by atoms with Crippen LogP contribution in [0, 0.1) is 40.9 Å². The van der Waals surface area contributed by atoms with Crippen LogP contribution in [0.4, 0.5) is 0 Å². The molecule has 0 aromatic carbocycles. The second kappa shape index (κ2) is 6.90. The van der Waals surface area contributed by atoms with Gasteiger partial charge < -0.3 is 15.2 Å². The van der Waals surface area contributed by atoms with Gasteiger partial charge in [-0.1, -0.05) is 26.3 Å². The van der Waals surface area contributed by atoms with Gasteiger partial charge in [0, 0.05) is 24.3 Å². The number of fused-ring (bicyclic) bond motifs is 6. The third-order valence-electron chi connectivity index (χ3n) is 11.2. The molecule has 5 fully saturated rings. The summed E-state index contributed by atoms with van der Waals surface area (Å²) in [6.07, 6.45) is 8.02. The first-order valence-electron chi connectivity index (χ1n) is 13.1. The molecule has 172 valence electrons. The largest absolute Gasteiger partial charge is 0.393 e. The van der Waals surface area contributed by atoms with Crippen LogP contribution in [0.3, 0.4) is 0 Å². The van der Waals surface area contributed by atoms with Gasteiger partial charge in [0.2, 0.25) is 0 Å². The van der Waals surface area contributed by atoms with Crippen molar-refractivity contribution >= 4 is 5.78 Å². The normalized spacial score (nSPS) is 56.3. The molecular weight excluding hydrogens is 386 g/mol. The van der Waals surface area contributed by atoms with Crippen LogP contribution in [0.2, 0.25) is 0 Å². The summed E-state index contributed by atoms with van der Waals surface area (Å²) < 4.78 is 7.00. The molecule has 2 saturated heterocycles. The highest BCUT2D eigenvalue weighted by Gasteiger charge is 2.62. The molecule has 1 spiro atoms. The van der Waals surface area contributed by atoms with E-state index in [0.717, 1.165) is 38.6 Å². The minimum Gasteiger partial charge on any atom is -0.393 e. The van der Waals surface area contributed by atoms with Crippen molar-refractivity contribution < 1.29 is 14.6 Å². The molecule has 2 heterocycles. The summed E-state index contributed by atoms with van der Waals surface area (Å²) >= 11 is 0. The first kappa shape index (κ1) is 20.9. The van der Waals surface area contributed by atoms with E-state index in [1.54, 1.807) is 5.57 Å². The summed E-state index contributed by atoms with van der Waals surface area (Å²) in [6.45, 7) is 10.6. The van der Waals surface area contributed by atoms with Crippen LogP contribution in [-0.4, -0.2) is 41.3 Å². The van der Waals surface area contributed by atoms with Gasteiger partial charge in [-0.25, -0.2) is 0 Å². The number of Topliss-reactive ketones (excluding diaryl/α,β-unsaturated/α-hetero) is 1. The molecule has 6 aliphatic rings. The molecule has 2 N–H and O–H groups in total. The van der Waals surface area contributed by atoms with E-state index in [-0.39, 0.29) is 23.0 Å². The van der Waals surface area contributed by atoms with Crippen LogP contribution >= 0.6 is 0 Å². The Kier molecular flexibility index (Phi) is 4.64. The second-order valence-corrected chi connectivity index (χ2v) is 12.5. The molecule has 0 bridgehead atoms. The fourth-order valence-electron chi connectivity index (χ4n) is 9.46. The summed E-state index contributed by atoms with van der Waals surface area (Å²) in [6, 6.07) is 0.482. The third kappa shape index (κ3) is 2.74. The number of carbonyl (C=O) groups excluding carboxylic acids is 1. The predicted molar refractivity (Wildman–Crippen MR) is 120 cm³/mol. The molecule has 0 radical (unpaired) electrons. The molecule has 4 heteroatoms. The Labute approximate surface area is 187 Å². The molecule has 4 aliphatic carbocycles. The van der Waals surface area contributed by atoms with E-state index in [4.69, 9.17) is 4.74 Å². The number of carbonyl (C=O) groups is 1. The molecule has 0 aromatic rings. The maximum absolute atomic E-state index is 13.2. The lowest BCUT2D eigenvalue weighted by atomic mass is 9.51. The summed E-state index contributed by atoms with van der Waals surface area (Å²) in [5, 5.41) is 14.1. The Morgan fingerprint density at radius 1 is 1.13 bits per heavy atom. The Morgan fingerprint density at radius 3 is 2.74 bits per heavy atom.